The van der Waals surface area contributed by atoms with E-state index in [0.29, 0.717) is 4.83 Å². The molecule has 0 saturated heterocycles. The molecule has 3 heteroatoms. The first-order valence-corrected chi connectivity index (χ1v) is 7.74. The molecule has 84 valence electrons. The molecule has 0 saturated carbocycles. The van der Waals surface area contributed by atoms with E-state index in [-0.39, 0.29) is 0 Å². The Morgan fingerprint density at radius 3 is 2.60 bits per heavy atom. The molecule has 1 aromatic rings. The predicted molar refractivity (Wildman–Crippen MR) is 77.7 cm³/mol. The van der Waals surface area contributed by atoms with Crippen LogP contribution in [0.25, 0.3) is 0 Å². The molecule has 0 heterocycles. The summed E-state index contributed by atoms with van der Waals surface area (Å²) in [6.07, 6.45) is 5.07. The van der Waals surface area contributed by atoms with Crippen molar-refractivity contribution in [2.45, 2.75) is 37.4 Å². The fraction of sp³-hybridized carbons (Fsp3) is 0.500. The lowest BCUT2D eigenvalue weighted by atomic mass is 10.1. The van der Waals surface area contributed by atoms with Crippen LogP contribution in [0.15, 0.2) is 27.1 Å². The molecule has 0 fully saturated rings. The summed E-state index contributed by atoms with van der Waals surface area (Å²) in [5.41, 5.74) is 1.33. The SMILES string of the molecule is CCCCCC(Br)c1cc(Br)ccc1Br. The topological polar surface area (TPSA) is 0 Å². The van der Waals surface area contributed by atoms with Crippen molar-refractivity contribution in [3.63, 3.8) is 0 Å². The van der Waals surface area contributed by atoms with E-state index in [1.807, 2.05) is 0 Å². The molecular formula is C12H15Br3. The summed E-state index contributed by atoms with van der Waals surface area (Å²) in [6.45, 7) is 2.23. The Morgan fingerprint density at radius 1 is 1.20 bits per heavy atom. The highest BCUT2D eigenvalue weighted by atomic mass is 79.9. The van der Waals surface area contributed by atoms with Gasteiger partial charge < -0.3 is 0 Å². The second-order valence-electron chi connectivity index (χ2n) is 3.63. The Morgan fingerprint density at radius 2 is 1.93 bits per heavy atom. The zero-order chi connectivity index (χ0) is 11.3. The molecule has 1 rings (SSSR count). The van der Waals surface area contributed by atoms with Gasteiger partial charge in [-0.2, -0.15) is 0 Å². The molecule has 0 aliphatic rings. The fourth-order valence-electron chi connectivity index (χ4n) is 1.48. The molecule has 0 aliphatic carbocycles. The third kappa shape index (κ3) is 4.58. The summed E-state index contributed by atoms with van der Waals surface area (Å²) in [4.78, 5) is 0.455. The Bertz CT molecular complexity index is 310. The molecule has 0 amide bonds. The van der Waals surface area contributed by atoms with E-state index in [1.54, 1.807) is 0 Å². The van der Waals surface area contributed by atoms with Gasteiger partial charge in [0, 0.05) is 13.8 Å². The zero-order valence-electron chi connectivity index (χ0n) is 8.77. The van der Waals surface area contributed by atoms with E-state index in [2.05, 4.69) is 72.9 Å². The van der Waals surface area contributed by atoms with Crippen molar-refractivity contribution < 1.29 is 0 Å². The van der Waals surface area contributed by atoms with Gasteiger partial charge in [0.15, 0.2) is 0 Å². The van der Waals surface area contributed by atoms with Crippen molar-refractivity contribution >= 4 is 47.8 Å². The third-order valence-corrected chi connectivity index (χ3v) is 4.52. The summed E-state index contributed by atoms with van der Waals surface area (Å²) in [7, 11) is 0. The van der Waals surface area contributed by atoms with Crippen LogP contribution in [0.2, 0.25) is 0 Å². The molecule has 0 nitrogen and oxygen atoms in total. The van der Waals surface area contributed by atoms with Crippen LogP contribution in [0.1, 0.15) is 43.0 Å². The van der Waals surface area contributed by atoms with Crippen molar-refractivity contribution in [2.24, 2.45) is 0 Å². The molecule has 0 spiro atoms. The monoisotopic (exact) mass is 396 g/mol. The smallest absolute Gasteiger partial charge is 0.0406 e. The highest BCUT2D eigenvalue weighted by molar-refractivity contribution is 9.11. The van der Waals surface area contributed by atoms with Gasteiger partial charge in [0.05, 0.1) is 0 Å². The molecular weight excluding hydrogens is 384 g/mol. The van der Waals surface area contributed by atoms with Crippen LogP contribution in [0.4, 0.5) is 0 Å². The van der Waals surface area contributed by atoms with Crippen molar-refractivity contribution in [1.82, 2.24) is 0 Å². The zero-order valence-corrected chi connectivity index (χ0v) is 13.5. The summed E-state index contributed by atoms with van der Waals surface area (Å²) in [5, 5.41) is 0. The van der Waals surface area contributed by atoms with Gasteiger partial charge in [0.2, 0.25) is 0 Å². The number of rotatable bonds is 5. The Kier molecular flexibility index (Phi) is 6.48. The van der Waals surface area contributed by atoms with Crippen LogP contribution in [-0.2, 0) is 0 Å². The number of halogens is 3. The Hall–Kier alpha value is 0.660. The van der Waals surface area contributed by atoms with Gasteiger partial charge in [0.1, 0.15) is 0 Å². The number of unbranched alkanes of at least 4 members (excludes halogenated alkanes) is 2. The standard InChI is InChI=1S/C12H15Br3/c1-2-3-4-5-11(14)10-8-9(13)6-7-12(10)15/h6-8,11H,2-5H2,1H3. The van der Waals surface area contributed by atoms with E-state index in [1.165, 1.54) is 35.7 Å². The molecule has 1 unspecified atom stereocenters. The minimum absolute atomic E-state index is 0.455. The largest absolute Gasteiger partial charge is 0.0838 e. The molecule has 0 aliphatic heterocycles. The lowest BCUT2D eigenvalue weighted by Crippen LogP contribution is -1.92. The number of benzene rings is 1. The van der Waals surface area contributed by atoms with Gasteiger partial charge in [-0.3, -0.25) is 0 Å². The predicted octanol–water partition coefficient (Wildman–Crippen LogP) is 6.23. The van der Waals surface area contributed by atoms with Gasteiger partial charge in [-0.15, -0.1) is 0 Å². The maximum Gasteiger partial charge on any atom is 0.0406 e. The molecule has 0 radical (unpaired) electrons. The van der Waals surface area contributed by atoms with Crippen LogP contribution in [0, 0.1) is 0 Å². The summed E-state index contributed by atoms with van der Waals surface area (Å²) in [5.74, 6) is 0. The van der Waals surface area contributed by atoms with E-state index >= 15 is 0 Å². The lowest BCUT2D eigenvalue weighted by Gasteiger charge is -2.12. The van der Waals surface area contributed by atoms with Crippen LogP contribution in [0.5, 0.6) is 0 Å². The first kappa shape index (κ1) is 13.7. The van der Waals surface area contributed by atoms with E-state index in [4.69, 9.17) is 0 Å². The maximum absolute atomic E-state index is 3.75. The molecule has 0 N–H and O–H groups in total. The molecule has 0 aromatic heterocycles. The second kappa shape index (κ2) is 7.08. The minimum Gasteiger partial charge on any atom is -0.0838 e. The highest BCUT2D eigenvalue weighted by Crippen LogP contribution is 2.35. The molecule has 1 aromatic carbocycles. The summed E-state index contributed by atoms with van der Waals surface area (Å²) < 4.78 is 2.32. The van der Waals surface area contributed by atoms with Crippen LogP contribution < -0.4 is 0 Å². The third-order valence-electron chi connectivity index (χ3n) is 2.36. The van der Waals surface area contributed by atoms with E-state index in [9.17, 15) is 0 Å². The first-order valence-electron chi connectivity index (χ1n) is 5.24. The Labute approximate surface area is 117 Å². The maximum atomic E-state index is 3.75. The average Bonchev–Trinajstić information content (AvgIpc) is 2.22. The van der Waals surface area contributed by atoms with Crippen molar-refractivity contribution in [3.8, 4) is 0 Å². The molecule has 15 heavy (non-hydrogen) atoms. The van der Waals surface area contributed by atoms with Gasteiger partial charge >= 0.3 is 0 Å². The average molecular weight is 399 g/mol. The van der Waals surface area contributed by atoms with Gasteiger partial charge in [-0.25, -0.2) is 0 Å². The van der Waals surface area contributed by atoms with E-state index < -0.39 is 0 Å². The summed E-state index contributed by atoms with van der Waals surface area (Å²) in [6, 6.07) is 6.32. The van der Waals surface area contributed by atoms with E-state index in [0.717, 1.165) is 4.47 Å². The highest BCUT2D eigenvalue weighted by Gasteiger charge is 2.10. The first-order chi connectivity index (χ1) is 7.15. The second-order valence-corrected chi connectivity index (χ2v) is 6.50. The number of hydrogen-bond acceptors (Lipinski definition) is 0. The van der Waals surface area contributed by atoms with Crippen molar-refractivity contribution in [1.29, 1.82) is 0 Å². The van der Waals surface area contributed by atoms with Crippen LogP contribution in [0.3, 0.4) is 0 Å². The quantitative estimate of drug-likeness (QED) is 0.407. The van der Waals surface area contributed by atoms with Gasteiger partial charge in [0.25, 0.3) is 0 Å². The van der Waals surface area contributed by atoms with Gasteiger partial charge in [-0.05, 0) is 30.2 Å². The number of alkyl halides is 1. The molecule has 1 atom stereocenters. The normalized spacial score (nSPS) is 12.8. The van der Waals surface area contributed by atoms with Crippen LogP contribution in [-0.4, -0.2) is 0 Å². The van der Waals surface area contributed by atoms with Gasteiger partial charge in [-0.1, -0.05) is 74.0 Å². The number of hydrogen-bond donors (Lipinski definition) is 0. The minimum atomic E-state index is 0.455. The molecule has 0 bridgehead atoms. The lowest BCUT2D eigenvalue weighted by molar-refractivity contribution is 0.663. The summed E-state index contributed by atoms with van der Waals surface area (Å²) >= 11 is 10.8. The van der Waals surface area contributed by atoms with Crippen molar-refractivity contribution in [2.75, 3.05) is 0 Å². The fourth-order valence-corrected chi connectivity index (χ4v) is 3.40. The van der Waals surface area contributed by atoms with Crippen molar-refractivity contribution in [3.05, 3.63) is 32.7 Å². The van der Waals surface area contributed by atoms with Crippen LogP contribution >= 0.6 is 47.8 Å². The Balaban J connectivity index is 2.64.